The minimum atomic E-state index is -0.366. The Morgan fingerprint density at radius 3 is 2.32 bits per heavy atom. The first-order valence-electron chi connectivity index (χ1n) is 8.02. The highest BCUT2D eigenvalue weighted by Gasteiger charge is 2.40. The maximum atomic E-state index is 5.99. The fourth-order valence-corrected chi connectivity index (χ4v) is 3.41. The first-order chi connectivity index (χ1) is 10.8. The summed E-state index contributed by atoms with van der Waals surface area (Å²) in [5.41, 5.74) is 2.03. The lowest BCUT2D eigenvalue weighted by Crippen LogP contribution is -2.39. The van der Waals surface area contributed by atoms with E-state index >= 15 is 0 Å². The van der Waals surface area contributed by atoms with Crippen molar-refractivity contribution in [1.29, 1.82) is 0 Å². The van der Waals surface area contributed by atoms with E-state index in [-0.39, 0.29) is 5.60 Å². The highest BCUT2D eigenvalue weighted by molar-refractivity contribution is 5.39. The summed E-state index contributed by atoms with van der Waals surface area (Å²) in [6.45, 7) is 0. The second-order valence-electron chi connectivity index (χ2n) is 5.92. The van der Waals surface area contributed by atoms with Gasteiger partial charge in [0.25, 0.3) is 0 Å². The van der Waals surface area contributed by atoms with E-state index in [0.717, 1.165) is 18.4 Å². The minimum Gasteiger partial charge on any atom is -0.365 e. The molecule has 0 heterocycles. The molecule has 0 amide bonds. The molecule has 0 radical (unpaired) electrons. The Hall–Kier alpha value is -2.04. The van der Waals surface area contributed by atoms with Crippen LogP contribution in [-0.4, -0.2) is 12.7 Å². The number of hydrogen-bond donors (Lipinski definition) is 0. The van der Waals surface area contributed by atoms with Gasteiger partial charge in [-0.05, 0) is 37.0 Å². The van der Waals surface area contributed by atoms with E-state index in [4.69, 9.17) is 4.74 Å². The van der Waals surface area contributed by atoms with Crippen molar-refractivity contribution >= 4 is 0 Å². The number of benzene rings is 2. The van der Waals surface area contributed by atoms with Gasteiger partial charge in [-0.1, -0.05) is 66.8 Å². The molecule has 1 aliphatic carbocycles. The Labute approximate surface area is 133 Å². The van der Waals surface area contributed by atoms with Crippen LogP contribution in [0.2, 0.25) is 0 Å². The monoisotopic (exact) mass is 290 g/mol. The minimum absolute atomic E-state index is 0.351. The van der Waals surface area contributed by atoms with E-state index in [1.165, 1.54) is 18.4 Å². The van der Waals surface area contributed by atoms with Crippen LogP contribution in [0.5, 0.6) is 0 Å². The predicted octanol–water partition coefficient (Wildman–Crippen LogP) is 4.78. The molecule has 3 rings (SSSR count). The fourth-order valence-electron chi connectivity index (χ4n) is 3.41. The molecule has 112 valence electrons. The van der Waals surface area contributed by atoms with Crippen LogP contribution in [0, 0.1) is 11.8 Å². The summed E-state index contributed by atoms with van der Waals surface area (Å²) in [6, 6.07) is 20.9. The van der Waals surface area contributed by atoms with Crippen molar-refractivity contribution < 1.29 is 4.74 Å². The van der Waals surface area contributed by atoms with Crippen LogP contribution in [-0.2, 0) is 4.74 Å². The molecule has 0 aliphatic heterocycles. The summed E-state index contributed by atoms with van der Waals surface area (Å²) in [6.07, 6.45) is 4.57. The molecule has 1 heteroatoms. The molecule has 1 saturated carbocycles. The quantitative estimate of drug-likeness (QED) is 0.723. The van der Waals surface area contributed by atoms with E-state index in [1.54, 1.807) is 7.11 Å². The fraction of sp³-hybridized carbons (Fsp3) is 0.333. The van der Waals surface area contributed by atoms with Gasteiger partial charge in [0.2, 0.25) is 0 Å². The van der Waals surface area contributed by atoms with Crippen LogP contribution in [0.3, 0.4) is 0 Å². The molecule has 0 bridgehead atoms. The molecule has 0 unspecified atom stereocenters. The largest absolute Gasteiger partial charge is 0.365 e. The van der Waals surface area contributed by atoms with Gasteiger partial charge in [0, 0.05) is 18.6 Å². The molecule has 1 nitrogen and oxygen atoms in total. The van der Waals surface area contributed by atoms with Crippen LogP contribution in [0.4, 0.5) is 0 Å². The number of ether oxygens (including phenoxy) is 1. The van der Waals surface area contributed by atoms with Gasteiger partial charge >= 0.3 is 0 Å². The molecule has 0 N–H and O–H groups in total. The van der Waals surface area contributed by atoms with Gasteiger partial charge in [-0.2, -0.15) is 0 Å². The van der Waals surface area contributed by atoms with Gasteiger partial charge in [-0.3, -0.25) is 0 Å². The number of hydrogen-bond acceptors (Lipinski definition) is 1. The zero-order valence-corrected chi connectivity index (χ0v) is 13.1. The average molecular weight is 290 g/mol. The van der Waals surface area contributed by atoms with Crippen molar-refractivity contribution in [2.24, 2.45) is 0 Å². The maximum absolute atomic E-state index is 5.99. The third kappa shape index (κ3) is 3.08. The molecule has 1 fully saturated rings. The lowest BCUT2D eigenvalue weighted by molar-refractivity contribution is -0.00802. The molecule has 0 spiro atoms. The van der Waals surface area contributed by atoms with E-state index in [0.29, 0.717) is 5.92 Å². The third-order valence-corrected chi connectivity index (χ3v) is 4.61. The third-order valence-electron chi connectivity index (χ3n) is 4.61. The van der Waals surface area contributed by atoms with Crippen LogP contribution >= 0.6 is 0 Å². The van der Waals surface area contributed by atoms with Crippen LogP contribution in [0.15, 0.2) is 60.7 Å². The first-order valence-corrected chi connectivity index (χ1v) is 8.02. The van der Waals surface area contributed by atoms with Crippen molar-refractivity contribution in [3.63, 3.8) is 0 Å². The SMILES string of the molecule is CO[C@@]1(C#Cc2ccccc2)CCCC[C@@H]1c1ccccc1. The van der Waals surface area contributed by atoms with Crippen LogP contribution < -0.4 is 0 Å². The summed E-state index contributed by atoms with van der Waals surface area (Å²) < 4.78 is 5.99. The summed E-state index contributed by atoms with van der Waals surface area (Å²) in [5, 5.41) is 0. The Bertz CT molecular complexity index is 651. The summed E-state index contributed by atoms with van der Waals surface area (Å²) in [7, 11) is 1.81. The van der Waals surface area contributed by atoms with Gasteiger partial charge in [0.15, 0.2) is 0 Å². The number of rotatable bonds is 2. The van der Waals surface area contributed by atoms with Gasteiger partial charge in [-0.15, -0.1) is 0 Å². The van der Waals surface area contributed by atoms with E-state index < -0.39 is 0 Å². The molecule has 2 atom stereocenters. The highest BCUT2D eigenvalue weighted by Crippen LogP contribution is 2.42. The van der Waals surface area contributed by atoms with E-state index in [2.05, 4.69) is 54.3 Å². The average Bonchev–Trinajstić information content (AvgIpc) is 2.62. The van der Waals surface area contributed by atoms with Crippen LogP contribution in [0.25, 0.3) is 0 Å². The van der Waals surface area contributed by atoms with Gasteiger partial charge in [0.05, 0.1) is 0 Å². The predicted molar refractivity (Wildman–Crippen MR) is 90.7 cm³/mol. The molecule has 0 aromatic heterocycles. The number of methoxy groups -OCH3 is 1. The Morgan fingerprint density at radius 1 is 0.955 bits per heavy atom. The highest BCUT2D eigenvalue weighted by atomic mass is 16.5. The molecule has 22 heavy (non-hydrogen) atoms. The summed E-state index contributed by atoms with van der Waals surface area (Å²) >= 11 is 0. The standard InChI is InChI=1S/C21H22O/c1-22-21(17-15-18-10-4-2-5-11-18)16-9-8-14-20(21)19-12-6-3-7-13-19/h2-7,10-13,20H,8-9,14,16H2,1H3/t20-,21-/m1/s1. The zero-order chi connectivity index (χ0) is 15.3. The molecule has 1 aliphatic rings. The summed E-state index contributed by atoms with van der Waals surface area (Å²) in [5.74, 6) is 7.16. The van der Waals surface area contributed by atoms with Gasteiger partial charge < -0.3 is 4.74 Å². The van der Waals surface area contributed by atoms with Crippen molar-refractivity contribution in [3.8, 4) is 11.8 Å². The topological polar surface area (TPSA) is 9.23 Å². The maximum Gasteiger partial charge on any atom is 0.135 e. The van der Waals surface area contributed by atoms with Crippen molar-refractivity contribution in [1.82, 2.24) is 0 Å². The van der Waals surface area contributed by atoms with E-state index in [1.807, 2.05) is 18.2 Å². The molecular formula is C21H22O. The van der Waals surface area contributed by atoms with Crippen molar-refractivity contribution in [3.05, 3.63) is 71.8 Å². The van der Waals surface area contributed by atoms with Crippen molar-refractivity contribution in [2.45, 2.75) is 37.2 Å². The van der Waals surface area contributed by atoms with Gasteiger partial charge in [-0.25, -0.2) is 0 Å². The smallest absolute Gasteiger partial charge is 0.135 e. The molecule has 0 saturated heterocycles. The molecule has 2 aromatic carbocycles. The molecular weight excluding hydrogens is 268 g/mol. The van der Waals surface area contributed by atoms with Crippen LogP contribution in [0.1, 0.15) is 42.7 Å². The summed E-state index contributed by atoms with van der Waals surface area (Å²) in [4.78, 5) is 0. The lowest BCUT2D eigenvalue weighted by Gasteiger charge is -2.39. The Morgan fingerprint density at radius 2 is 1.64 bits per heavy atom. The van der Waals surface area contributed by atoms with E-state index in [9.17, 15) is 0 Å². The Kier molecular flexibility index (Phi) is 4.61. The van der Waals surface area contributed by atoms with Crippen molar-refractivity contribution in [2.75, 3.05) is 7.11 Å². The van der Waals surface area contributed by atoms with Gasteiger partial charge in [0.1, 0.15) is 5.60 Å². The normalized spacial score (nSPS) is 24.3. The zero-order valence-electron chi connectivity index (χ0n) is 13.1. The first kappa shape index (κ1) is 14.9. The lowest BCUT2D eigenvalue weighted by atomic mass is 9.72. The Balaban J connectivity index is 1.96. The molecule has 2 aromatic rings. The second-order valence-corrected chi connectivity index (χ2v) is 5.92. The second kappa shape index (κ2) is 6.81.